The van der Waals surface area contributed by atoms with E-state index in [1.165, 1.54) is 11.1 Å². The second kappa shape index (κ2) is 5.75. The summed E-state index contributed by atoms with van der Waals surface area (Å²) in [5.41, 5.74) is 4.61. The maximum Gasteiger partial charge on any atom is 0.116 e. The molecule has 0 amide bonds. The van der Waals surface area contributed by atoms with Crippen LogP contribution in [0.4, 0.5) is 0 Å². The van der Waals surface area contributed by atoms with E-state index in [0.29, 0.717) is 11.7 Å². The third-order valence-corrected chi connectivity index (χ3v) is 3.16. The molecule has 0 heterocycles. The van der Waals surface area contributed by atoms with Crippen molar-refractivity contribution >= 4 is 12.2 Å². The normalized spacial score (nSPS) is 11.4. The summed E-state index contributed by atoms with van der Waals surface area (Å²) < 4.78 is 0. The fourth-order valence-electron chi connectivity index (χ4n) is 2.07. The summed E-state index contributed by atoms with van der Waals surface area (Å²) in [6.45, 7) is 6.37. The van der Waals surface area contributed by atoms with Crippen molar-refractivity contribution in [3.8, 4) is 5.75 Å². The number of phenolic OH excluding ortho intramolecular Hbond substituents is 1. The van der Waals surface area contributed by atoms with Gasteiger partial charge in [0, 0.05) is 0 Å². The van der Waals surface area contributed by atoms with E-state index >= 15 is 0 Å². The summed E-state index contributed by atoms with van der Waals surface area (Å²) >= 11 is 0. The van der Waals surface area contributed by atoms with Crippen LogP contribution in [0, 0.1) is 6.92 Å². The van der Waals surface area contributed by atoms with Crippen LogP contribution in [-0.4, -0.2) is 5.11 Å². The highest BCUT2D eigenvalue weighted by atomic mass is 16.3. The van der Waals surface area contributed by atoms with E-state index in [1.807, 2.05) is 13.0 Å². The first kappa shape index (κ1) is 13.4. The highest BCUT2D eigenvalue weighted by molar-refractivity contribution is 5.70. The first-order valence-corrected chi connectivity index (χ1v) is 6.63. The van der Waals surface area contributed by atoms with Gasteiger partial charge >= 0.3 is 0 Å². The van der Waals surface area contributed by atoms with Crippen molar-refractivity contribution in [2.45, 2.75) is 26.7 Å². The van der Waals surface area contributed by atoms with Gasteiger partial charge in [-0.25, -0.2) is 0 Å². The molecule has 2 aromatic rings. The molecule has 1 heteroatoms. The predicted octanol–water partition coefficient (Wildman–Crippen LogP) is 4.99. The predicted molar refractivity (Wildman–Crippen MR) is 82.3 cm³/mol. The van der Waals surface area contributed by atoms with Crippen molar-refractivity contribution in [3.63, 3.8) is 0 Å². The van der Waals surface area contributed by atoms with E-state index in [2.05, 4.69) is 50.3 Å². The molecule has 98 valence electrons. The summed E-state index contributed by atoms with van der Waals surface area (Å²) in [6.07, 6.45) is 4.09. The van der Waals surface area contributed by atoms with Crippen LogP contribution in [0.5, 0.6) is 5.75 Å². The lowest BCUT2D eigenvalue weighted by atomic mass is 10.0. The molecule has 0 fully saturated rings. The molecular weight excluding hydrogens is 232 g/mol. The van der Waals surface area contributed by atoms with Crippen LogP contribution in [0.3, 0.4) is 0 Å². The first-order valence-electron chi connectivity index (χ1n) is 6.63. The Kier molecular flexibility index (Phi) is 4.06. The molecule has 0 saturated heterocycles. The first-order chi connectivity index (χ1) is 9.04. The van der Waals surface area contributed by atoms with Crippen molar-refractivity contribution < 1.29 is 5.11 Å². The molecule has 1 N–H and O–H groups in total. The molecule has 0 spiro atoms. The third-order valence-electron chi connectivity index (χ3n) is 3.16. The minimum Gasteiger partial charge on any atom is -0.508 e. The minimum atomic E-state index is 0.315. The molecule has 1 nitrogen and oxygen atoms in total. The van der Waals surface area contributed by atoms with E-state index in [9.17, 15) is 5.11 Å². The van der Waals surface area contributed by atoms with E-state index < -0.39 is 0 Å². The summed E-state index contributed by atoms with van der Waals surface area (Å²) in [5.74, 6) is 0.876. The van der Waals surface area contributed by atoms with Crippen molar-refractivity contribution in [1.82, 2.24) is 0 Å². The zero-order chi connectivity index (χ0) is 13.8. The molecule has 0 radical (unpaired) electrons. The fourth-order valence-corrected chi connectivity index (χ4v) is 2.07. The standard InChI is InChI=1S/C18H20O/c1-13(2)17-8-6-15(7-9-17)4-5-16-10-14(3)11-18(19)12-16/h4-13,19H,1-3H3/b5-4+. The van der Waals surface area contributed by atoms with Gasteiger partial charge in [0.25, 0.3) is 0 Å². The van der Waals surface area contributed by atoms with Gasteiger partial charge in [-0.05, 0) is 47.2 Å². The third kappa shape index (κ3) is 3.72. The number of aromatic hydroxyl groups is 1. The maximum atomic E-state index is 9.55. The van der Waals surface area contributed by atoms with E-state index in [1.54, 1.807) is 12.1 Å². The lowest BCUT2D eigenvalue weighted by Gasteiger charge is -2.04. The number of hydrogen-bond acceptors (Lipinski definition) is 1. The molecule has 0 unspecified atom stereocenters. The van der Waals surface area contributed by atoms with Crippen LogP contribution in [0.15, 0.2) is 42.5 Å². The van der Waals surface area contributed by atoms with Gasteiger partial charge in [0.05, 0.1) is 0 Å². The summed E-state index contributed by atoms with van der Waals surface area (Å²) in [7, 11) is 0. The van der Waals surface area contributed by atoms with Gasteiger partial charge < -0.3 is 5.11 Å². The van der Waals surface area contributed by atoms with Gasteiger partial charge in [0.15, 0.2) is 0 Å². The van der Waals surface area contributed by atoms with Gasteiger partial charge in [-0.1, -0.05) is 56.3 Å². The smallest absolute Gasteiger partial charge is 0.116 e. The monoisotopic (exact) mass is 252 g/mol. The van der Waals surface area contributed by atoms with Gasteiger partial charge in [-0.2, -0.15) is 0 Å². The largest absolute Gasteiger partial charge is 0.508 e. The highest BCUT2D eigenvalue weighted by Crippen LogP contribution is 2.19. The Bertz CT molecular complexity index is 557. The lowest BCUT2D eigenvalue weighted by molar-refractivity contribution is 0.475. The number of hydrogen-bond donors (Lipinski definition) is 1. The van der Waals surface area contributed by atoms with Crippen molar-refractivity contribution in [2.24, 2.45) is 0 Å². The van der Waals surface area contributed by atoms with Gasteiger partial charge in [-0.3, -0.25) is 0 Å². The van der Waals surface area contributed by atoms with Crippen LogP contribution in [0.25, 0.3) is 12.2 Å². The highest BCUT2D eigenvalue weighted by Gasteiger charge is 1.97. The van der Waals surface area contributed by atoms with Crippen molar-refractivity contribution in [3.05, 3.63) is 64.7 Å². The number of aryl methyl sites for hydroxylation is 1. The molecular formula is C18H20O. The Hall–Kier alpha value is -2.02. The topological polar surface area (TPSA) is 20.2 Å². The van der Waals surface area contributed by atoms with Gasteiger partial charge in [0.2, 0.25) is 0 Å². The molecule has 0 aliphatic heterocycles. The SMILES string of the molecule is Cc1cc(O)cc(/C=C/c2ccc(C(C)C)cc2)c1. The van der Waals surface area contributed by atoms with E-state index in [0.717, 1.165) is 11.1 Å². The Morgan fingerprint density at radius 3 is 2.11 bits per heavy atom. The molecule has 0 atom stereocenters. The van der Waals surface area contributed by atoms with Crippen LogP contribution >= 0.6 is 0 Å². The molecule has 19 heavy (non-hydrogen) atoms. The average molecular weight is 252 g/mol. The molecule has 0 bridgehead atoms. The van der Waals surface area contributed by atoms with E-state index in [4.69, 9.17) is 0 Å². The fraction of sp³-hybridized carbons (Fsp3) is 0.222. The van der Waals surface area contributed by atoms with Gasteiger partial charge in [0.1, 0.15) is 5.75 Å². The summed E-state index contributed by atoms with van der Waals surface area (Å²) in [6, 6.07) is 14.2. The van der Waals surface area contributed by atoms with Crippen LogP contribution in [0.1, 0.15) is 42.0 Å². The summed E-state index contributed by atoms with van der Waals surface area (Å²) in [5, 5.41) is 9.55. The minimum absolute atomic E-state index is 0.315. The molecule has 2 rings (SSSR count). The number of phenols is 1. The number of rotatable bonds is 3. The Morgan fingerprint density at radius 2 is 1.53 bits per heavy atom. The lowest BCUT2D eigenvalue weighted by Crippen LogP contribution is -1.85. The zero-order valence-electron chi connectivity index (χ0n) is 11.7. The maximum absolute atomic E-state index is 9.55. The second-order valence-corrected chi connectivity index (χ2v) is 5.26. The molecule has 0 aromatic heterocycles. The quantitative estimate of drug-likeness (QED) is 0.763. The van der Waals surface area contributed by atoms with Crippen molar-refractivity contribution in [1.29, 1.82) is 0 Å². The van der Waals surface area contributed by atoms with Crippen molar-refractivity contribution in [2.75, 3.05) is 0 Å². The zero-order valence-corrected chi connectivity index (χ0v) is 11.7. The second-order valence-electron chi connectivity index (χ2n) is 5.26. The Labute approximate surface area is 115 Å². The molecule has 0 aliphatic carbocycles. The molecule has 0 aliphatic rings. The average Bonchev–Trinajstić information content (AvgIpc) is 2.36. The van der Waals surface area contributed by atoms with Crippen LogP contribution < -0.4 is 0 Å². The molecule has 2 aromatic carbocycles. The Morgan fingerprint density at radius 1 is 0.895 bits per heavy atom. The van der Waals surface area contributed by atoms with Crippen LogP contribution in [-0.2, 0) is 0 Å². The Balaban J connectivity index is 2.17. The van der Waals surface area contributed by atoms with E-state index in [-0.39, 0.29) is 0 Å². The summed E-state index contributed by atoms with van der Waals surface area (Å²) in [4.78, 5) is 0. The number of benzene rings is 2. The molecule has 0 saturated carbocycles. The van der Waals surface area contributed by atoms with Gasteiger partial charge in [-0.15, -0.1) is 0 Å². The van der Waals surface area contributed by atoms with Crippen LogP contribution in [0.2, 0.25) is 0 Å².